The minimum absolute atomic E-state index is 0.0403. The largest absolute Gasteiger partial charge is 0.467 e. The van der Waals surface area contributed by atoms with Gasteiger partial charge in [0.1, 0.15) is 0 Å². The third-order valence-electron chi connectivity index (χ3n) is 2.22. The molecule has 0 saturated heterocycles. The SMILES string of the molecule is COc1nccc(CCNC(=O)C(C)(C)C)n1. The Balaban J connectivity index is 2.43. The summed E-state index contributed by atoms with van der Waals surface area (Å²) in [6.45, 7) is 6.22. The molecule has 94 valence electrons. The molecule has 0 aliphatic heterocycles. The van der Waals surface area contributed by atoms with Crippen LogP contribution in [-0.2, 0) is 11.2 Å². The van der Waals surface area contributed by atoms with Gasteiger partial charge in [-0.2, -0.15) is 0 Å². The first-order valence-electron chi connectivity index (χ1n) is 5.57. The van der Waals surface area contributed by atoms with E-state index in [-0.39, 0.29) is 11.3 Å². The highest BCUT2D eigenvalue weighted by molar-refractivity contribution is 5.81. The first-order chi connectivity index (χ1) is 7.93. The number of methoxy groups -OCH3 is 1. The van der Waals surface area contributed by atoms with E-state index in [1.807, 2.05) is 26.8 Å². The average Bonchev–Trinajstić information content (AvgIpc) is 2.28. The van der Waals surface area contributed by atoms with E-state index in [1.54, 1.807) is 6.20 Å². The van der Waals surface area contributed by atoms with Crippen molar-refractivity contribution in [3.05, 3.63) is 18.0 Å². The lowest BCUT2D eigenvalue weighted by atomic mass is 9.96. The Morgan fingerprint density at radius 1 is 1.47 bits per heavy atom. The lowest BCUT2D eigenvalue weighted by Crippen LogP contribution is -2.36. The lowest BCUT2D eigenvalue weighted by Gasteiger charge is -2.17. The van der Waals surface area contributed by atoms with Crippen LogP contribution in [0.5, 0.6) is 6.01 Å². The summed E-state index contributed by atoms with van der Waals surface area (Å²) in [5.74, 6) is 0.0403. The number of ether oxygens (including phenoxy) is 1. The van der Waals surface area contributed by atoms with Gasteiger partial charge in [-0.25, -0.2) is 9.97 Å². The van der Waals surface area contributed by atoms with Crippen molar-refractivity contribution in [1.82, 2.24) is 15.3 Å². The third-order valence-corrected chi connectivity index (χ3v) is 2.22. The molecule has 0 saturated carbocycles. The Morgan fingerprint density at radius 3 is 2.76 bits per heavy atom. The molecular formula is C12H19N3O2. The first kappa shape index (κ1) is 13.4. The van der Waals surface area contributed by atoms with Crippen molar-refractivity contribution in [2.24, 2.45) is 5.41 Å². The molecule has 1 N–H and O–H groups in total. The highest BCUT2D eigenvalue weighted by atomic mass is 16.5. The summed E-state index contributed by atoms with van der Waals surface area (Å²) < 4.78 is 4.93. The van der Waals surface area contributed by atoms with Gasteiger partial charge in [0.15, 0.2) is 0 Å². The van der Waals surface area contributed by atoms with Crippen LogP contribution in [0.3, 0.4) is 0 Å². The summed E-state index contributed by atoms with van der Waals surface area (Å²) in [6.07, 6.45) is 2.31. The number of carbonyl (C=O) groups is 1. The summed E-state index contributed by atoms with van der Waals surface area (Å²) in [5.41, 5.74) is 0.495. The van der Waals surface area contributed by atoms with Crippen LogP contribution in [0.1, 0.15) is 26.5 Å². The Morgan fingerprint density at radius 2 is 2.18 bits per heavy atom. The van der Waals surface area contributed by atoms with Crippen molar-refractivity contribution in [2.45, 2.75) is 27.2 Å². The Labute approximate surface area is 102 Å². The van der Waals surface area contributed by atoms with Gasteiger partial charge in [0, 0.05) is 30.3 Å². The molecule has 1 heterocycles. The summed E-state index contributed by atoms with van der Waals surface area (Å²) >= 11 is 0. The second kappa shape index (κ2) is 5.61. The number of aromatic nitrogens is 2. The van der Waals surface area contributed by atoms with Crippen LogP contribution in [0, 0.1) is 5.41 Å². The van der Waals surface area contributed by atoms with Gasteiger partial charge in [-0.3, -0.25) is 4.79 Å². The molecular weight excluding hydrogens is 218 g/mol. The van der Waals surface area contributed by atoms with Gasteiger partial charge in [0.25, 0.3) is 0 Å². The minimum atomic E-state index is -0.358. The van der Waals surface area contributed by atoms with Gasteiger partial charge in [-0.05, 0) is 6.07 Å². The zero-order chi connectivity index (χ0) is 12.9. The zero-order valence-corrected chi connectivity index (χ0v) is 10.8. The second-order valence-electron chi connectivity index (χ2n) is 4.79. The third kappa shape index (κ3) is 4.38. The van der Waals surface area contributed by atoms with Crippen molar-refractivity contribution < 1.29 is 9.53 Å². The zero-order valence-electron chi connectivity index (χ0n) is 10.8. The van der Waals surface area contributed by atoms with Gasteiger partial charge in [0.2, 0.25) is 5.91 Å². The standard InChI is InChI=1S/C12H19N3O2/c1-12(2,3)10(16)13-7-5-9-6-8-14-11(15-9)17-4/h6,8H,5,7H2,1-4H3,(H,13,16). The lowest BCUT2D eigenvalue weighted by molar-refractivity contribution is -0.128. The van der Waals surface area contributed by atoms with Crippen LogP contribution >= 0.6 is 0 Å². The fraction of sp³-hybridized carbons (Fsp3) is 0.583. The molecule has 1 aromatic rings. The van der Waals surface area contributed by atoms with Crippen molar-refractivity contribution in [1.29, 1.82) is 0 Å². The molecule has 0 fully saturated rings. The van der Waals surface area contributed by atoms with E-state index in [9.17, 15) is 4.79 Å². The highest BCUT2D eigenvalue weighted by Crippen LogP contribution is 2.12. The monoisotopic (exact) mass is 237 g/mol. The molecule has 0 radical (unpaired) electrons. The van der Waals surface area contributed by atoms with E-state index in [4.69, 9.17) is 4.74 Å². The van der Waals surface area contributed by atoms with Crippen LogP contribution < -0.4 is 10.1 Å². The summed E-state index contributed by atoms with van der Waals surface area (Å²) in [6, 6.07) is 2.16. The number of amides is 1. The first-order valence-corrected chi connectivity index (χ1v) is 5.57. The molecule has 1 aromatic heterocycles. The molecule has 5 heteroatoms. The number of hydrogen-bond donors (Lipinski definition) is 1. The number of rotatable bonds is 4. The Hall–Kier alpha value is -1.65. The number of hydrogen-bond acceptors (Lipinski definition) is 4. The second-order valence-corrected chi connectivity index (χ2v) is 4.79. The molecule has 0 unspecified atom stereocenters. The summed E-state index contributed by atoms with van der Waals surface area (Å²) in [5, 5.41) is 2.87. The van der Waals surface area contributed by atoms with Crippen molar-refractivity contribution >= 4 is 5.91 Å². The maximum atomic E-state index is 11.6. The fourth-order valence-corrected chi connectivity index (χ4v) is 1.18. The van der Waals surface area contributed by atoms with E-state index in [1.165, 1.54) is 7.11 Å². The van der Waals surface area contributed by atoms with Gasteiger partial charge < -0.3 is 10.1 Å². The number of carbonyl (C=O) groups excluding carboxylic acids is 1. The highest BCUT2D eigenvalue weighted by Gasteiger charge is 2.20. The van der Waals surface area contributed by atoms with Gasteiger partial charge in [0.05, 0.1) is 7.11 Å². The molecule has 0 spiro atoms. The van der Waals surface area contributed by atoms with Crippen molar-refractivity contribution in [2.75, 3.05) is 13.7 Å². The molecule has 17 heavy (non-hydrogen) atoms. The van der Waals surface area contributed by atoms with Gasteiger partial charge in [-0.1, -0.05) is 20.8 Å². The van der Waals surface area contributed by atoms with Gasteiger partial charge >= 0.3 is 6.01 Å². The van der Waals surface area contributed by atoms with E-state index in [2.05, 4.69) is 15.3 Å². The van der Waals surface area contributed by atoms with E-state index in [0.717, 1.165) is 5.69 Å². The maximum Gasteiger partial charge on any atom is 0.316 e. The Bertz CT molecular complexity index is 386. The van der Waals surface area contributed by atoms with Crippen molar-refractivity contribution in [3.63, 3.8) is 0 Å². The van der Waals surface area contributed by atoms with Crippen LogP contribution in [0.2, 0.25) is 0 Å². The smallest absolute Gasteiger partial charge is 0.316 e. The molecule has 1 amide bonds. The van der Waals surface area contributed by atoms with Gasteiger partial charge in [-0.15, -0.1) is 0 Å². The molecule has 0 atom stereocenters. The minimum Gasteiger partial charge on any atom is -0.467 e. The molecule has 1 rings (SSSR count). The Kier molecular flexibility index (Phi) is 4.43. The topological polar surface area (TPSA) is 64.1 Å². The predicted molar refractivity (Wildman–Crippen MR) is 64.8 cm³/mol. The normalized spacial score (nSPS) is 11.1. The average molecular weight is 237 g/mol. The molecule has 0 aliphatic carbocycles. The summed E-state index contributed by atoms with van der Waals surface area (Å²) in [4.78, 5) is 19.7. The molecule has 0 aromatic carbocycles. The fourth-order valence-electron chi connectivity index (χ4n) is 1.18. The maximum absolute atomic E-state index is 11.6. The quantitative estimate of drug-likeness (QED) is 0.854. The number of nitrogens with zero attached hydrogens (tertiary/aromatic N) is 2. The van der Waals surface area contributed by atoms with E-state index < -0.39 is 0 Å². The summed E-state index contributed by atoms with van der Waals surface area (Å²) in [7, 11) is 1.53. The van der Waals surface area contributed by atoms with Crippen LogP contribution in [-0.4, -0.2) is 29.5 Å². The molecule has 5 nitrogen and oxygen atoms in total. The van der Waals surface area contributed by atoms with E-state index >= 15 is 0 Å². The van der Waals surface area contributed by atoms with Crippen LogP contribution in [0.15, 0.2) is 12.3 Å². The van der Waals surface area contributed by atoms with Crippen molar-refractivity contribution in [3.8, 4) is 6.01 Å². The molecule has 0 aliphatic rings. The van der Waals surface area contributed by atoms with Crippen LogP contribution in [0.25, 0.3) is 0 Å². The molecule has 0 bridgehead atoms. The van der Waals surface area contributed by atoms with Crippen LogP contribution in [0.4, 0.5) is 0 Å². The number of nitrogens with one attached hydrogen (secondary N) is 1. The van der Waals surface area contributed by atoms with E-state index in [0.29, 0.717) is 19.0 Å². The predicted octanol–water partition coefficient (Wildman–Crippen LogP) is 1.19.